The molecule has 1 heterocycles. The standard InChI is InChI=1S/C20H28N4O4/c1-13(2)10-21-19(26)20(3,4)24-12-15(11-22-24)23-18(25)14-7-8-16(27-5)17(9-14)28-6/h7-9,11-13H,10H2,1-6H3,(H,21,26)(H,23,25). The van der Waals surface area contributed by atoms with Crippen LogP contribution in [0, 0.1) is 5.92 Å². The summed E-state index contributed by atoms with van der Waals surface area (Å²) >= 11 is 0. The fourth-order valence-electron chi connectivity index (χ4n) is 2.49. The fraction of sp³-hybridized carbons (Fsp3) is 0.450. The molecule has 2 amide bonds. The van der Waals surface area contributed by atoms with E-state index in [1.807, 2.05) is 13.8 Å². The van der Waals surface area contributed by atoms with Crippen LogP contribution in [0.5, 0.6) is 11.5 Å². The van der Waals surface area contributed by atoms with E-state index in [9.17, 15) is 9.59 Å². The van der Waals surface area contributed by atoms with Crippen LogP contribution in [-0.4, -0.2) is 42.4 Å². The Hall–Kier alpha value is -3.03. The lowest BCUT2D eigenvalue weighted by atomic mass is 10.0. The number of anilines is 1. The molecule has 2 N–H and O–H groups in total. The Bertz CT molecular complexity index is 842. The number of rotatable bonds is 8. The van der Waals surface area contributed by atoms with Gasteiger partial charge in [0.25, 0.3) is 5.91 Å². The molecule has 8 nitrogen and oxygen atoms in total. The molecule has 0 aliphatic carbocycles. The van der Waals surface area contributed by atoms with Crippen LogP contribution in [0.4, 0.5) is 5.69 Å². The van der Waals surface area contributed by atoms with Gasteiger partial charge in [0.15, 0.2) is 11.5 Å². The number of ether oxygens (including phenoxy) is 2. The minimum absolute atomic E-state index is 0.137. The van der Waals surface area contributed by atoms with Gasteiger partial charge >= 0.3 is 0 Å². The third-order valence-corrected chi connectivity index (χ3v) is 4.29. The third-order valence-electron chi connectivity index (χ3n) is 4.29. The van der Waals surface area contributed by atoms with Crippen molar-refractivity contribution in [2.24, 2.45) is 5.92 Å². The summed E-state index contributed by atoms with van der Waals surface area (Å²) in [5, 5.41) is 9.93. The third kappa shape index (κ3) is 4.82. The molecule has 1 aromatic heterocycles. The molecule has 1 aromatic carbocycles. The molecule has 8 heteroatoms. The summed E-state index contributed by atoms with van der Waals surface area (Å²) in [6.45, 7) is 8.20. The van der Waals surface area contributed by atoms with E-state index in [0.717, 1.165) is 0 Å². The normalized spacial score (nSPS) is 11.2. The van der Waals surface area contributed by atoms with E-state index in [1.54, 1.807) is 38.2 Å². The number of benzene rings is 1. The fourth-order valence-corrected chi connectivity index (χ4v) is 2.49. The summed E-state index contributed by atoms with van der Waals surface area (Å²) in [7, 11) is 3.04. The van der Waals surface area contributed by atoms with E-state index in [2.05, 4.69) is 15.7 Å². The molecule has 28 heavy (non-hydrogen) atoms. The first-order valence-corrected chi connectivity index (χ1v) is 9.05. The van der Waals surface area contributed by atoms with Crippen LogP contribution in [0.25, 0.3) is 0 Å². The highest BCUT2D eigenvalue weighted by Gasteiger charge is 2.30. The van der Waals surface area contributed by atoms with Gasteiger partial charge < -0.3 is 20.1 Å². The minimum atomic E-state index is -0.888. The number of carbonyl (C=O) groups is 2. The molecule has 0 atom stereocenters. The van der Waals surface area contributed by atoms with Crippen molar-refractivity contribution in [3.05, 3.63) is 36.2 Å². The van der Waals surface area contributed by atoms with Gasteiger partial charge in [0.1, 0.15) is 5.54 Å². The topological polar surface area (TPSA) is 94.5 Å². The Morgan fingerprint density at radius 3 is 2.46 bits per heavy atom. The Balaban J connectivity index is 2.11. The highest BCUT2D eigenvalue weighted by atomic mass is 16.5. The van der Waals surface area contributed by atoms with Crippen molar-refractivity contribution in [1.82, 2.24) is 15.1 Å². The maximum atomic E-state index is 12.5. The monoisotopic (exact) mass is 388 g/mol. The van der Waals surface area contributed by atoms with Crippen LogP contribution in [0.2, 0.25) is 0 Å². The zero-order valence-corrected chi connectivity index (χ0v) is 17.2. The molecule has 0 saturated carbocycles. The maximum Gasteiger partial charge on any atom is 0.255 e. The summed E-state index contributed by atoms with van der Waals surface area (Å²) in [4.78, 5) is 25.0. The van der Waals surface area contributed by atoms with Crippen LogP contribution in [-0.2, 0) is 10.3 Å². The van der Waals surface area contributed by atoms with Gasteiger partial charge in [-0.05, 0) is 38.0 Å². The van der Waals surface area contributed by atoms with E-state index in [4.69, 9.17) is 9.47 Å². The predicted molar refractivity (Wildman–Crippen MR) is 107 cm³/mol. The first kappa shape index (κ1) is 21.3. The SMILES string of the molecule is COc1ccc(C(=O)Nc2cnn(C(C)(C)C(=O)NCC(C)C)c2)cc1OC. The number of nitrogens with one attached hydrogen (secondary N) is 2. The largest absolute Gasteiger partial charge is 0.493 e. The summed E-state index contributed by atoms with van der Waals surface area (Å²) in [6.07, 6.45) is 3.14. The van der Waals surface area contributed by atoms with Gasteiger partial charge in [0.2, 0.25) is 5.91 Å². The van der Waals surface area contributed by atoms with E-state index in [0.29, 0.717) is 35.2 Å². The maximum absolute atomic E-state index is 12.5. The lowest BCUT2D eigenvalue weighted by Crippen LogP contribution is -2.45. The summed E-state index contributed by atoms with van der Waals surface area (Å²) in [5.74, 6) is 0.910. The molecular formula is C20H28N4O4. The first-order valence-electron chi connectivity index (χ1n) is 9.05. The first-order chi connectivity index (χ1) is 13.2. The molecule has 0 bridgehead atoms. The second-order valence-corrected chi connectivity index (χ2v) is 7.36. The zero-order chi connectivity index (χ0) is 20.9. The van der Waals surface area contributed by atoms with Crippen LogP contribution in [0.15, 0.2) is 30.6 Å². The van der Waals surface area contributed by atoms with Crippen molar-refractivity contribution in [2.45, 2.75) is 33.2 Å². The Labute approximate surface area is 165 Å². The molecule has 2 rings (SSSR count). The number of aromatic nitrogens is 2. The molecule has 0 aliphatic rings. The van der Waals surface area contributed by atoms with Crippen LogP contribution >= 0.6 is 0 Å². The van der Waals surface area contributed by atoms with Crippen LogP contribution in [0.3, 0.4) is 0 Å². The Morgan fingerprint density at radius 2 is 1.86 bits per heavy atom. The Morgan fingerprint density at radius 1 is 1.18 bits per heavy atom. The number of nitrogens with zero attached hydrogens (tertiary/aromatic N) is 2. The highest BCUT2D eigenvalue weighted by molar-refractivity contribution is 6.04. The van der Waals surface area contributed by atoms with Gasteiger partial charge in [-0.2, -0.15) is 5.10 Å². The van der Waals surface area contributed by atoms with Crippen molar-refractivity contribution >= 4 is 17.5 Å². The van der Waals surface area contributed by atoms with Gasteiger partial charge in [-0.3, -0.25) is 14.3 Å². The molecule has 0 unspecified atom stereocenters. The second kappa shape index (κ2) is 8.77. The molecule has 2 aromatic rings. The number of amides is 2. The van der Waals surface area contributed by atoms with Gasteiger partial charge in [-0.25, -0.2) is 0 Å². The lowest BCUT2D eigenvalue weighted by Gasteiger charge is -2.24. The van der Waals surface area contributed by atoms with E-state index in [-0.39, 0.29) is 11.8 Å². The summed E-state index contributed by atoms with van der Waals surface area (Å²) in [6, 6.07) is 4.91. The van der Waals surface area contributed by atoms with Crippen LogP contribution < -0.4 is 20.1 Å². The molecule has 0 fully saturated rings. The second-order valence-electron chi connectivity index (χ2n) is 7.36. The van der Waals surface area contributed by atoms with Crippen molar-refractivity contribution in [3.8, 4) is 11.5 Å². The van der Waals surface area contributed by atoms with Gasteiger partial charge in [0.05, 0.1) is 26.1 Å². The van der Waals surface area contributed by atoms with E-state index in [1.165, 1.54) is 25.1 Å². The zero-order valence-electron chi connectivity index (χ0n) is 17.2. The van der Waals surface area contributed by atoms with Gasteiger partial charge in [0, 0.05) is 18.3 Å². The number of hydrogen-bond acceptors (Lipinski definition) is 5. The summed E-state index contributed by atoms with van der Waals surface area (Å²) < 4.78 is 11.9. The van der Waals surface area contributed by atoms with Crippen molar-refractivity contribution in [3.63, 3.8) is 0 Å². The molecule has 0 saturated heterocycles. The lowest BCUT2D eigenvalue weighted by molar-refractivity contribution is -0.129. The van der Waals surface area contributed by atoms with Gasteiger partial charge in [-0.15, -0.1) is 0 Å². The Kier molecular flexibility index (Phi) is 6.66. The van der Waals surface area contributed by atoms with Gasteiger partial charge in [-0.1, -0.05) is 13.8 Å². The van der Waals surface area contributed by atoms with Crippen molar-refractivity contribution < 1.29 is 19.1 Å². The quantitative estimate of drug-likeness (QED) is 0.725. The smallest absolute Gasteiger partial charge is 0.255 e. The summed E-state index contributed by atoms with van der Waals surface area (Å²) in [5.41, 5.74) is 0.0187. The minimum Gasteiger partial charge on any atom is -0.493 e. The molecule has 0 radical (unpaired) electrons. The molecule has 152 valence electrons. The van der Waals surface area contributed by atoms with Crippen LogP contribution in [0.1, 0.15) is 38.1 Å². The molecular weight excluding hydrogens is 360 g/mol. The average molecular weight is 388 g/mol. The highest BCUT2D eigenvalue weighted by Crippen LogP contribution is 2.28. The molecule has 0 spiro atoms. The average Bonchev–Trinajstić information content (AvgIpc) is 3.14. The number of hydrogen-bond donors (Lipinski definition) is 2. The van der Waals surface area contributed by atoms with E-state index < -0.39 is 5.54 Å². The van der Waals surface area contributed by atoms with Crippen molar-refractivity contribution in [2.75, 3.05) is 26.1 Å². The number of carbonyl (C=O) groups excluding carboxylic acids is 2. The molecule has 0 aliphatic heterocycles. The van der Waals surface area contributed by atoms with Crippen molar-refractivity contribution in [1.29, 1.82) is 0 Å². The predicted octanol–water partition coefficient (Wildman–Crippen LogP) is 2.66. The number of methoxy groups -OCH3 is 2. The van der Waals surface area contributed by atoms with E-state index >= 15 is 0 Å².